The minimum atomic E-state index is -2.44. The van der Waals surface area contributed by atoms with Gasteiger partial charge in [0, 0.05) is 0 Å². The number of aliphatic hydroxyl groups is 2. The minimum absolute atomic E-state index is 0.0749. The molecule has 3 heterocycles. The van der Waals surface area contributed by atoms with Gasteiger partial charge in [0.1, 0.15) is 17.9 Å². The van der Waals surface area contributed by atoms with E-state index >= 15 is 4.39 Å². The summed E-state index contributed by atoms with van der Waals surface area (Å²) in [4.78, 5) is 8.24. The van der Waals surface area contributed by atoms with E-state index in [1.54, 1.807) is 0 Å². The molecule has 0 amide bonds. The summed E-state index contributed by atoms with van der Waals surface area (Å²) >= 11 is 0. The Hall–Kier alpha value is -2.41. The van der Waals surface area contributed by atoms with Gasteiger partial charge < -0.3 is 26.0 Å². The molecule has 1 aromatic rings. The molecule has 2 unspecified atom stereocenters. The highest BCUT2D eigenvalue weighted by molar-refractivity contribution is 5.93. The molecular weight excluding hydrogens is 317 g/mol. The highest BCUT2D eigenvalue weighted by Crippen LogP contribution is 2.45. The van der Waals surface area contributed by atoms with Crippen LogP contribution < -0.4 is 11.1 Å². The van der Waals surface area contributed by atoms with Crippen LogP contribution in [-0.4, -0.2) is 49.7 Å². The smallest absolute Gasteiger partial charge is 0.243 e. The molecule has 0 aromatic carbocycles. The molecular formula is C15H18FN5O3. The van der Waals surface area contributed by atoms with E-state index in [9.17, 15) is 10.2 Å². The number of halogens is 1. The molecule has 24 heavy (non-hydrogen) atoms. The molecule has 5 N–H and O–H groups in total. The first-order valence-corrected chi connectivity index (χ1v) is 7.31. The third-order valence-electron chi connectivity index (χ3n) is 3.99. The molecule has 128 valence electrons. The van der Waals surface area contributed by atoms with Crippen molar-refractivity contribution >= 4 is 17.5 Å². The zero-order valence-electron chi connectivity index (χ0n) is 13.2. The number of nitrogens with zero attached hydrogens (tertiary/aromatic N) is 3. The summed E-state index contributed by atoms with van der Waals surface area (Å²) in [6.45, 7) is 6.63. The number of aliphatic hydroxyl groups excluding tert-OH is 2. The number of aliphatic imine (C=N–C) groups is 1. The van der Waals surface area contributed by atoms with E-state index in [1.165, 1.54) is 24.7 Å². The minimum Gasteiger partial charge on any atom is -0.391 e. The Morgan fingerprint density at radius 3 is 2.96 bits per heavy atom. The molecule has 1 aromatic heterocycles. The third kappa shape index (κ3) is 2.27. The topological polar surface area (TPSA) is 118 Å². The first kappa shape index (κ1) is 16.4. The molecule has 8 nitrogen and oxygen atoms in total. The fraction of sp³-hybridized carbons (Fsp3) is 0.467. The van der Waals surface area contributed by atoms with Crippen LogP contribution in [0.25, 0.3) is 5.70 Å². The number of hydrogen-bond acceptors (Lipinski definition) is 7. The van der Waals surface area contributed by atoms with Crippen LogP contribution in [0.5, 0.6) is 0 Å². The lowest BCUT2D eigenvalue weighted by Gasteiger charge is -2.25. The van der Waals surface area contributed by atoms with Gasteiger partial charge in [0.05, 0.1) is 18.1 Å². The Bertz CT molecular complexity index is 778. The molecule has 5 atom stereocenters. The molecule has 2 aliphatic heterocycles. The molecule has 0 bridgehead atoms. The second-order valence-electron chi connectivity index (χ2n) is 5.71. The fourth-order valence-corrected chi connectivity index (χ4v) is 2.89. The van der Waals surface area contributed by atoms with Crippen LogP contribution in [0, 0.1) is 11.8 Å². The van der Waals surface area contributed by atoms with Crippen molar-refractivity contribution in [2.75, 3.05) is 0 Å². The van der Waals surface area contributed by atoms with Gasteiger partial charge in [0.2, 0.25) is 5.67 Å². The summed E-state index contributed by atoms with van der Waals surface area (Å²) < 4.78 is 22.3. The van der Waals surface area contributed by atoms with Gasteiger partial charge in [0.15, 0.2) is 18.0 Å². The summed E-state index contributed by atoms with van der Waals surface area (Å²) in [5.74, 6) is 5.12. The number of imidazole rings is 1. The van der Waals surface area contributed by atoms with Gasteiger partial charge in [-0.3, -0.25) is 4.57 Å². The maximum absolute atomic E-state index is 15.5. The van der Waals surface area contributed by atoms with E-state index in [0.29, 0.717) is 11.4 Å². The highest BCUT2D eigenvalue weighted by Gasteiger charge is 2.59. The molecule has 0 saturated carbocycles. The molecule has 3 rings (SSSR count). The average Bonchev–Trinajstić information content (AvgIpc) is 3.00. The Balaban J connectivity index is 2.12. The number of nitrogens with two attached hydrogens (primary N) is 1. The highest BCUT2D eigenvalue weighted by atomic mass is 19.1. The SMILES string of the molecule is C=C1NC(N)=Nc2c1ncn2[C@@H]1OC([C@@H](C)O)C(O)[C@]1(F)C#CC. The van der Waals surface area contributed by atoms with Gasteiger partial charge in [-0.2, -0.15) is 4.99 Å². The lowest BCUT2D eigenvalue weighted by atomic mass is 9.94. The standard InChI is InChI=1S/C15H18FN5O3/c1-4-5-15(16)11(23)10(8(3)22)24-13(15)21-6-18-9-7(2)19-14(17)20-12(9)21/h6,8,10-11,13,22-23H,2H2,1,3H3,(H3,17,19,20)/t8-,10?,11?,13-,15-/m1/s1. The Morgan fingerprint density at radius 1 is 1.62 bits per heavy atom. The second-order valence-corrected chi connectivity index (χ2v) is 5.71. The molecule has 0 spiro atoms. The molecule has 1 fully saturated rings. The average molecular weight is 335 g/mol. The van der Waals surface area contributed by atoms with Gasteiger partial charge >= 0.3 is 0 Å². The van der Waals surface area contributed by atoms with Crippen LogP contribution in [0.15, 0.2) is 17.9 Å². The zero-order chi connectivity index (χ0) is 17.6. The number of rotatable bonds is 2. The largest absolute Gasteiger partial charge is 0.391 e. The van der Waals surface area contributed by atoms with E-state index in [2.05, 4.69) is 33.7 Å². The summed E-state index contributed by atoms with van der Waals surface area (Å²) in [6.07, 6.45) is -3.92. The van der Waals surface area contributed by atoms with Crippen LogP contribution in [0.1, 0.15) is 25.8 Å². The first-order chi connectivity index (χ1) is 11.3. The van der Waals surface area contributed by atoms with E-state index in [-0.39, 0.29) is 11.8 Å². The van der Waals surface area contributed by atoms with Crippen molar-refractivity contribution in [3.63, 3.8) is 0 Å². The molecule has 2 aliphatic rings. The van der Waals surface area contributed by atoms with E-state index in [1.807, 2.05) is 0 Å². The zero-order valence-corrected chi connectivity index (χ0v) is 13.2. The molecule has 0 aliphatic carbocycles. The van der Waals surface area contributed by atoms with E-state index in [4.69, 9.17) is 10.5 Å². The summed E-state index contributed by atoms with van der Waals surface area (Å²) in [5, 5.41) is 22.8. The first-order valence-electron chi connectivity index (χ1n) is 7.31. The Labute approximate surface area is 137 Å². The normalized spacial score (nSPS) is 33.1. The van der Waals surface area contributed by atoms with Crippen LogP contribution in [0.4, 0.5) is 10.2 Å². The third-order valence-corrected chi connectivity index (χ3v) is 3.99. The summed E-state index contributed by atoms with van der Waals surface area (Å²) in [6, 6.07) is 0. The van der Waals surface area contributed by atoms with Crippen LogP contribution in [0.3, 0.4) is 0 Å². The van der Waals surface area contributed by atoms with Crippen molar-refractivity contribution in [1.82, 2.24) is 14.9 Å². The Morgan fingerprint density at radius 2 is 2.33 bits per heavy atom. The summed E-state index contributed by atoms with van der Waals surface area (Å²) in [7, 11) is 0. The number of fused-ring (bicyclic) bond motifs is 1. The number of nitrogens with one attached hydrogen (secondary N) is 1. The van der Waals surface area contributed by atoms with Crippen molar-refractivity contribution in [3.8, 4) is 11.8 Å². The molecule has 1 saturated heterocycles. The Kier molecular flexibility index (Phi) is 3.83. The van der Waals surface area contributed by atoms with E-state index in [0.717, 1.165) is 0 Å². The van der Waals surface area contributed by atoms with Crippen molar-refractivity contribution < 1.29 is 19.3 Å². The number of alkyl halides is 1. The quantitative estimate of drug-likeness (QED) is 0.555. The van der Waals surface area contributed by atoms with Crippen LogP contribution in [-0.2, 0) is 4.74 Å². The number of aromatic nitrogens is 2. The maximum Gasteiger partial charge on any atom is 0.243 e. The van der Waals surface area contributed by atoms with Crippen molar-refractivity contribution in [1.29, 1.82) is 0 Å². The van der Waals surface area contributed by atoms with Gasteiger partial charge in [-0.05, 0) is 13.8 Å². The fourth-order valence-electron chi connectivity index (χ4n) is 2.89. The number of guanidine groups is 1. The molecule has 9 heteroatoms. The lowest BCUT2D eigenvalue weighted by molar-refractivity contribution is -0.0782. The van der Waals surface area contributed by atoms with Gasteiger partial charge in [-0.25, -0.2) is 9.37 Å². The van der Waals surface area contributed by atoms with E-state index < -0.39 is 30.2 Å². The van der Waals surface area contributed by atoms with Crippen molar-refractivity contribution in [2.45, 2.75) is 44.1 Å². The monoisotopic (exact) mass is 335 g/mol. The van der Waals surface area contributed by atoms with Crippen LogP contribution >= 0.6 is 0 Å². The number of hydrogen-bond donors (Lipinski definition) is 4. The van der Waals surface area contributed by atoms with Gasteiger partial charge in [-0.1, -0.05) is 12.5 Å². The van der Waals surface area contributed by atoms with Crippen molar-refractivity contribution in [2.24, 2.45) is 10.7 Å². The number of ether oxygens (including phenoxy) is 1. The predicted molar refractivity (Wildman–Crippen MR) is 84.6 cm³/mol. The lowest BCUT2D eigenvalue weighted by Crippen LogP contribution is -2.44. The predicted octanol–water partition coefficient (Wildman–Crippen LogP) is -0.226. The van der Waals surface area contributed by atoms with Crippen LogP contribution in [0.2, 0.25) is 0 Å². The van der Waals surface area contributed by atoms with Crippen molar-refractivity contribution in [3.05, 3.63) is 18.6 Å². The summed E-state index contributed by atoms with van der Waals surface area (Å²) in [5.41, 5.74) is 4.03. The second kappa shape index (κ2) is 5.59. The van der Waals surface area contributed by atoms with Gasteiger partial charge in [-0.15, -0.1) is 5.92 Å². The van der Waals surface area contributed by atoms with Gasteiger partial charge in [0.25, 0.3) is 0 Å². The maximum atomic E-state index is 15.5. The molecule has 0 radical (unpaired) electrons.